The molecule has 0 saturated heterocycles. The normalized spacial score (nSPS) is 11.5. The number of hydrogen-bond acceptors (Lipinski definition) is 3. The molecule has 0 saturated carbocycles. The van der Waals surface area contributed by atoms with Crippen molar-refractivity contribution in [1.29, 1.82) is 0 Å². The van der Waals surface area contributed by atoms with Crippen LogP contribution in [0, 0.1) is 5.82 Å². The molecule has 1 aromatic heterocycles. The molecule has 0 radical (unpaired) electrons. The van der Waals surface area contributed by atoms with Gasteiger partial charge in [-0.1, -0.05) is 0 Å². The molecule has 2 nitrogen and oxygen atoms in total. The molecular weight excluding hydrogens is 235 g/mol. The third-order valence-corrected chi connectivity index (χ3v) is 3.68. The number of halogens is 1. The number of nitrogens with one attached hydrogen (secondary N) is 1. The van der Waals surface area contributed by atoms with Gasteiger partial charge in [-0.15, -0.1) is 11.3 Å². The lowest BCUT2D eigenvalue weighted by atomic mass is 10.2. The van der Waals surface area contributed by atoms with Gasteiger partial charge < -0.3 is 10.2 Å². The van der Waals surface area contributed by atoms with Crippen molar-refractivity contribution in [2.24, 2.45) is 0 Å². The van der Waals surface area contributed by atoms with Gasteiger partial charge in [-0.2, -0.15) is 0 Å². The molecule has 0 aliphatic carbocycles. The number of hydrogen-bond donors (Lipinski definition) is 1. The SMILES string of the molecule is CN(C)CCNCc1cc2cc(F)ccc2s1. The Kier molecular flexibility index (Phi) is 4.10. The molecular formula is C13H17FN2S. The fourth-order valence-corrected chi connectivity index (χ4v) is 2.68. The van der Waals surface area contributed by atoms with Crippen LogP contribution in [-0.2, 0) is 6.54 Å². The lowest BCUT2D eigenvalue weighted by Crippen LogP contribution is -2.25. The number of nitrogens with zero attached hydrogens (tertiary/aromatic N) is 1. The van der Waals surface area contributed by atoms with E-state index >= 15 is 0 Å². The first kappa shape index (κ1) is 12.5. The summed E-state index contributed by atoms with van der Waals surface area (Å²) in [5, 5.41) is 4.38. The summed E-state index contributed by atoms with van der Waals surface area (Å²) in [6.45, 7) is 2.85. The highest BCUT2D eigenvalue weighted by atomic mass is 32.1. The van der Waals surface area contributed by atoms with Crippen LogP contribution in [0.5, 0.6) is 0 Å². The predicted octanol–water partition coefficient (Wildman–Crippen LogP) is 2.69. The van der Waals surface area contributed by atoms with Gasteiger partial charge in [0.25, 0.3) is 0 Å². The van der Waals surface area contributed by atoms with Crippen LogP contribution in [0.15, 0.2) is 24.3 Å². The summed E-state index contributed by atoms with van der Waals surface area (Å²) in [4.78, 5) is 3.40. The van der Waals surface area contributed by atoms with Crippen LogP contribution in [0.2, 0.25) is 0 Å². The monoisotopic (exact) mass is 252 g/mol. The van der Waals surface area contributed by atoms with Gasteiger partial charge in [-0.3, -0.25) is 0 Å². The zero-order chi connectivity index (χ0) is 12.3. The summed E-state index contributed by atoms with van der Waals surface area (Å²) in [6, 6.07) is 7.02. The Bertz CT molecular complexity index is 493. The molecule has 0 amide bonds. The van der Waals surface area contributed by atoms with Crippen LogP contribution in [0.3, 0.4) is 0 Å². The highest BCUT2D eigenvalue weighted by Crippen LogP contribution is 2.25. The summed E-state index contributed by atoms with van der Waals surface area (Å²) < 4.78 is 14.2. The van der Waals surface area contributed by atoms with Crippen molar-refractivity contribution in [2.75, 3.05) is 27.2 Å². The molecule has 1 N–H and O–H groups in total. The quantitative estimate of drug-likeness (QED) is 0.823. The zero-order valence-corrected chi connectivity index (χ0v) is 11.0. The Hall–Kier alpha value is -0.970. The van der Waals surface area contributed by atoms with Gasteiger partial charge in [0.15, 0.2) is 0 Å². The molecule has 0 fully saturated rings. The van der Waals surface area contributed by atoms with Crippen molar-refractivity contribution in [3.63, 3.8) is 0 Å². The van der Waals surface area contributed by atoms with Gasteiger partial charge in [0.1, 0.15) is 5.82 Å². The fraction of sp³-hybridized carbons (Fsp3) is 0.385. The van der Waals surface area contributed by atoms with Crippen LogP contribution in [0.1, 0.15) is 4.88 Å². The van der Waals surface area contributed by atoms with Gasteiger partial charge >= 0.3 is 0 Å². The maximum Gasteiger partial charge on any atom is 0.123 e. The van der Waals surface area contributed by atoms with Crippen LogP contribution in [0.4, 0.5) is 4.39 Å². The van der Waals surface area contributed by atoms with E-state index in [9.17, 15) is 4.39 Å². The molecule has 17 heavy (non-hydrogen) atoms. The van der Waals surface area contributed by atoms with Crippen LogP contribution < -0.4 is 5.32 Å². The first-order valence-corrected chi connectivity index (χ1v) is 6.50. The molecule has 2 aromatic rings. The Balaban J connectivity index is 1.95. The summed E-state index contributed by atoms with van der Waals surface area (Å²) in [7, 11) is 4.12. The number of likely N-dealkylation sites (N-methyl/N-ethyl adjacent to an activating group) is 1. The smallest absolute Gasteiger partial charge is 0.123 e. The van der Waals surface area contributed by atoms with Crippen LogP contribution in [0.25, 0.3) is 10.1 Å². The summed E-state index contributed by atoms with van der Waals surface area (Å²) in [5.74, 6) is -0.164. The average molecular weight is 252 g/mol. The van der Waals surface area contributed by atoms with E-state index in [1.807, 2.05) is 6.07 Å². The first-order chi connectivity index (χ1) is 8.15. The van der Waals surface area contributed by atoms with Gasteiger partial charge in [0, 0.05) is 29.2 Å². The van der Waals surface area contributed by atoms with Crippen LogP contribution >= 0.6 is 11.3 Å². The van der Waals surface area contributed by atoms with E-state index in [1.54, 1.807) is 17.4 Å². The maximum atomic E-state index is 13.0. The lowest BCUT2D eigenvalue weighted by molar-refractivity contribution is 0.400. The van der Waals surface area contributed by atoms with Crippen molar-refractivity contribution in [2.45, 2.75) is 6.54 Å². The van der Waals surface area contributed by atoms with Gasteiger partial charge in [0.05, 0.1) is 0 Å². The number of fused-ring (bicyclic) bond motifs is 1. The Morgan fingerprint density at radius 3 is 2.88 bits per heavy atom. The maximum absolute atomic E-state index is 13.0. The van der Waals surface area contributed by atoms with Crippen molar-refractivity contribution in [3.05, 3.63) is 35.0 Å². The number of rotatable bonds is 5. The Morgan fingerprint density at radius 1 is 1.29 bits per heavy atom. The second-order valence-corrected chi connectivity index (χ2v) is 5.54. The molecule has 0 atom stereocenters. The van der Waals surface area contributed by atoms with E-state index in [2.05, 4.69) is 30.4 Å². The molecule has 0 unspecified atom stereocenters. The van der Waals surface area contributed by atoms with Crippen molar-refractivity contribution >= 4 is 21.4 Å². The van der Waals surface area contributed by atoms with Crippen molar-refractivity contribution in [1.82, 2.24) is 10.2 Å². The minimum atomic E-state index is -0.164. The first-order valence-electron chi connectivity index (χ1n) is 5.68. The topological polar surface area (TPSA) is 15.3 Å². The second kappa shape index (κ2) is 5.58. The Morgan fingerprint density at radius 2 is 2.12 bits per heavy atom. The Labute approximate surface area is 105 Å². The minimum Gasteiger partial charge on any atom is -0.311 e. The zero-order valence-electron chi connectivity index (χ0n) is 10.2. The van der Waals surface area contributed by atoms with Crippen LogP contribution in [-0.4, -0.2) is 32.1 Å². The van der Waals surface area contributed by atoms with Gasteiger partial charge in [-0.05, 0) is 43.7 Å². The summed E-state index contributed by atoms with van der Waals surface area (Å²) >= 11 is 1.72. The third-order valence-electron chi connectivity index (χ3n) is 2.56. The van der Waals surface area contributed by atoms with E-state index in [4.69, 9.17) is 0 Å². The van der Waals surface area contributed by atoms with E-state index in [0.29, 0.717) is 0 Å². The molecule has 2 rings (SSSR count). The molecule has 0 spiro atoms. The second-order valence-electron chi connectivity index (χ2n) is 4.37. The predicted molar refractivity (Wildman–Crippen MR) is 72.0 cm³/mol. The summed E-state index contributed by atoms with van der Waals surface area (Å²) in [5.41, 5.74) is 0. The van der Waals surface area contributed by atoms with Crippen molar-refractivity contribution in [3.8, 4) is 0 Å². The number of thiophene rings is 1. The standard InChI is InChI=1S/C13H17FN2S/c1-16(2)6-5-15-9-12-8-10-7-11(14)3-4-13(10)17-12/h3-4,7-8,15H,5-6,9H2,1-2H3. The van der Waals surface area contributed by atoms with E-state index in [1.165, 1.54) is 10.9 Å². The molecule has 4 heteroatoms. The summed E-state index contributed by atoms with van der Waals surface area (Å²) in [6.07, 6.45) is 0. The van der Waals surface area contributed by atoms with E-state index in [0.717, 1.165) is 29.7 Å². The third kappa shape index (κ3) is 3.49. The molecule has 1 aromatic carbocycles. The largest absolute Gasteiger partial charge is 0.311 e. The molecule has 0 bridgehead atoms. The lowest BCUT2D eigenvalue weighted by Gasteiger charge is -2.09. The highest BCUT2D eigenvalue weighted by molar-refractivity contribution is 7.19. The molecule has 1 heterocycles. The molecule has 92 valence electrons. The number of benzene rings is 1. The van der Waals surface area contributed by atoms with Crippen molar-refractivity contribution < 1.29 is 4.39 Å². The highest BCUT2D eigenvalue weighted by Gasteiger charge is 2.02. The fourth-order valence-electron chi connectivity index (χ4n) is 1.67. The molecule has 0 aliphatic rings. The molecule has 0 aliphatic heterocycles. The minimum absolute atomic E-state index is 0.164. The van der Waals surface area contributed by atoms with E-state index in [-0.39, 0.29) is 5.82 Å². The average Bonchev–Trinajstić information content (AvgIpc) is 2.66. The van der Waals surface area contributed by atoms with Gasteiger partial charge in [-0.25, -0.2) is 4.39 Å². The van der Waals surface area contributed by atoms with E-state index < -0.39 is 0 Å². The van der Waals surface area contributed by atoms with Gasteiger partial charge in [0.2, 0.25) is 0 Å².